The second kappa shape index (κ2) is 8.88. The van der Waals surface area contributed by atoms with Crippen molar-refractivity contribution >= 4 is 71.8 Å². The van der Waals surface area contributed by atoms with Gasteiger partial charge in [-0.3, -0.25) is 9.52 Å². The van der Waals surface area contributed by atoms with Crippen molar-refractivity contribution in [2.24, 2.45) is 0 Å². The monoisotopic (exact) mass is 528 g/mol. The highest BCUT2D eigenvalue weighted by molar-refractivity contribution is 7.94. The number of thiophene rings is 2. The molecule has 1 amide bonds. The molecule has 11 heteroatoms. The van der Waals surface area contributed by atoms with Gasteiger partial charge in [0.05, 0.1) is 27.6 Å². The molecule has 7 nitrogen and oxygen atoms in total. The molecule has 0 saturated carbocycles. The van der Waals surface area contributed by atoms with Crippen LogP contribution in [0.5, 0.6) is 0 Å². The highest BCUT2D eigenvalue weighted by Gasteiger charge is 2.20. The molecule has 5 rings (SSSR count). The zero-order chi connectivity index (χ0) is 23.9. The molecule has 2 N–H and O–H groups in total. The maximum absolute atomic E-state index is 13.1. The van der Waals surface area contributed by atoms with E-state index in [9.17, 15) is 13.2 Å². The van der Waals surface area contributed by atoms with Crippen molar-refractivity contribution in [2.75, 3.05) is 10.0 Å². The smallest absolute Gasteiger partial charge is 0.271 e. The van der Waals surface area contributed by atoms with Crippen LogP contribution in [0.1, 0.15) is 15.4 Å². The zero-order valence-electron chi connectivity index (χ0n) is 17.7. The minimum absolute atomic E-state index is 0.195. The molecule has 5 aromatic rings. The van der Waals surface area contributed by atoms with Gasteiger partial charge in [-0.05, 0) is 60.8 Å². The van der Waals surface area contributed by atoms with Crippen LogP contribution in [0.3, 0.4) is 0 Å². The normalized spacial score (nSPS) is 11.6. The number of nitrogens with one attached hydrogen (secondary N) is 2. The summed E-state index contributed by atoms with van der Waals surface area (Å²) < 4.78 is 29.8. The van der Waals surface area contributed by atoms with Crippen molar-refractivity contribution in [1.82, 2.24) is 9.78 Å². The van der Waals surface area contributed by atoms with Crippen LogP contribution < -0.4 is 10.0 Å². The lowest BCUT2D eigenvalue weighted by Crippen LogP contribution is -2.16. The Kier molecular flexibility index (Phi) is 5.90. The van der Waals surface area contributed by atoms with Crippen LogP contribution in [0.25, 0.3) is 15.9 Å². The van der Waals surface area contributed by atoms with Gasteiger partial charge in [-0.25, -0.2) is 13.1 Å². The lowest BCUT2D eigenvalue weighted by atomic mass is 10.2. The number of benzene rings is 2. The van der Waals surface area contributed by atoms with Gasteiger partial charge < -0.3 is 5.32 Å². The van der Waals surface area contributed by atoms with E-state index in [2.05, 4.69) is 15.1 Å². The van der Waals surface area contributed by atoms with Crippen molar-refractivity contribution in [3.63, 3.8) is 0 Å². The Hall–Kier alpha value is -3.18. The van der Waals surface area contributed by atoms with E-state index >= 15 is 0 Å². The third-order valence-corrected chi connectivity index (χ3v) is 9.14. The third-order valence-electron chi connectivity index (χ3n) is 5.02. The first-order chi connectivity index (χ1) is 16.3. The zero-order valence-corrected chi connectivity index (χ0v) is 20.9. The minimum Gasteiger partial charge on any atom is -0.319 e. The number of anilines is 2. The van der Waals surface area contributed by atoms with E-state index < -0.39 is 10.0 Å². The van der Waals surface area contributed by atoms with Crippen molar-refractivity contribution in [3.8, 4) is 5.69 Å². The predicted octanol–water partition coefficient (Wildman–Crippen LogP) is 6.16. The Balaban J connectivity index is 1.44. The Morgan fingerprint density at radius 1 is 1.03 bits per heavy atom. The SMILES string of the molecule is Cc1nn(-c2ccc(Cl)cc2)c2sc(C(=O)Nc3ccccc3NS(=O)(=O)c3cccs3)cc12. The molecular weight excluding hydrogens is 512 g/mol. The molecule has 3 heterocycles. The van der Waals surface area contributed by atoms with Crippen molar-refractivity contribution in [2.45, 2.75) is 11.1 Å². The summed E-state index contributed by atoms with van der Waals surface area (Å²) in [5.41, 5.74) is 2.28. The first kappa shape index (κ1) is 22.6. The number of fused-ring (bicyclic) bond motifs is 1. The molecule has 0 unspecified atom stereocenters. The molecule has 0 aliphatic carbocycles. The van der Waals surface area contributed by atoms with E-state index in [1.807, 2.05) is 19.1 Å². The summed E-state index contributed by atoms with van der Waals surface area (Å²) in [6.45, 7) is 1.89. The molecule has 0 saturated heterocycles. The minimum atomic E-state index is -3.75. The van der Waals surface area contributed by atoms with E-state index in [0.717, 1.165) is 32.9 Å². The summed E-state index contributed by atoms with van der Waals surface area (Å²) in [6, 6.07) is 19.0. The highest BCUT2D eigenvalue weighted by atomic mass is 35.5. The van der Waals surface area contributed by atoms with E-state index in [1.54, 1.807) is 58.6 Å². The van der Waals surface area contributed by atoms with Crippen LogP contribution in [0.15, 0.2) is 76.3 Å². The van der Waals surface area contributed by atoms with Crippen LogP contribution in [0.4, 0.5) is 11.4 Å². The van der Waals surface area contributed by atoms with Gasteiger partial charge in [0, 0.05) is 10.4 Å². The summed E-state index contributed by atoms with van der Waals surface area (Å²) >= 11 is 8.43. The Bertz CT molecular complexity index is 1610. The number of hydrogen-bond donors (Lipinski definition) is 2. The Morgan fingerprint density at radius 3 is 2.47 bits per heavy atom. The first-order valence-electron chi connectivity index (χ1n) is 10.0. The third kappa shape index (κ3) is 4.32. The fourth-order valence-corrected chi connectivity index (χ4v) is 6.67. The van der Waals surface area contributed by atoms with E-state index in [1.165, 1.54) is 17.4 Å². The predicted molar refractivity (Wildman–Crippen MR) is 138 cm³/mol. The van der Waals surface area contributed by atoms with Gasteiger partial charge >= 0.3 is 0 Å². The number of carbonyl (C=O) groups is 1. The topological polar surface area (TPSA) is 93.1 Å². The molecule has 0 radical (unpaired) electrons. The van der Waals surface area contributed by atoms with Gasteiger partial charge in [0.1, 0.15) is 9.04 Å². The molecule has 0 aliphatic rings. The number of hydrogen-bond acceptors (Lipinski definition) is 6. The van der Waals surface area contributed by atoms with Crippen LogP contribution in [-0.4, -0.2) is 24.1 Å². The molecular formula is C23H17ClN4O3S3. The molecule has 34 heavy (non-hydrogen) atoms. The standard InChI is InChI=1S/C23H17ClN4O3S3/c1-14-17-13-20(33-23(17)28(26-14)16-10-8-15(24)9-11-16)22(29)25-18-5-2-3-6-19(18)27-34(30,31)21-7-4-12-32-21/h2-13,27H,1H3,(H,25,29). The molecule has 3 aromatic heterocycles. The maximum atomic E-state index is 13.1. The number of nitrogens with zero attached hydrogens (tertiary/aromatic N) is 2. The number of amides is 1. The molecule has 0 atom stereocenters. The molecule has 0 fully saturated rings. The number of sulfonamides is 1. The van der Waals surface area contributed by atoms with Crippen LogP contribution in [-0.2, 0) is 10.0 Å². The number of halogens is 1. The van der Waals surface area contributed by atoms with Gasteiger partial charge in [-0.2, -0.15) is 5.10 Å². The summed E-state index contributed by atoms with van der Waals surface area (Å²) in [6.07, 6.45) is 0. The van der Waals surface area contributed by atoms with Gasteiger partial charge in [0.15, 0.2) is 0 Å². The number of aryl methyl sites for hydroxylation is 1. The highest BCUT2D eigenvalue weighted by Crippen LogP contribution is 2.32. The molecule has 2 aromatic carbocycles. The van der Waals surface area contributed by atoms with Crippen LogP contribution >= 0.6 is 34.3 Å². The van der Waals surface area contributed by atoms with Gasteiger partial charge in [-0.1, -0.05) is 29.8 Å². The average Bonchev–Trinajstić information content (AvgIpc) is 3.55. The Labute approximate surface area is 208 Å². The average molecular weight is 529 g/mol. The fourth-order valence-electron chi connectivity index (χ4n) is 3.39. The van der Waals surface area contributed by atoms with E-state index in [4.69, 9.17) is 11.6 Å². The van der Waals surface area contributed by atoms with Gasteiger partial charge in [-0.15, -0.1) is 22.7 Å². The number of rotatable bonds is 6. The largest absolute Gasteiger partial charge is 0.319 e. The second-order valence-corrected chi connectivity index (χ2v) is 11.7. The van der Waals surface area contributed by atoms with Gasteiger partial charge in [0.2, 0.25) is 0 Å². The van der Waals surface area contributed by atoms with E-state index in [-0.39, 0.29) is 15.8 Å². The summed E-state index contributed by atoms with van der Waals surface area (Å²) in [5, 5.41) is 10.6. The van der Waals surface area contributed by atoms with Crippen molar-refractivity contribution < 1.29 is 13.2 Å². The van der Waals surface area contributed by atoms with Crippen LogP contribution in [0, 0.1) is 6.92 Å². The maximum Gasteiger partial charge on any atom is 0.271 e. The molecule has 0 spiro atoms. The van der Waals surface area contributed by atoms with Crippen LogP contribution in [0.2, 0.25) is 5.02 Å². The number of aromatic nitrogens is 2. The lowest BCUT2D eigenvalue weighted by molar-refractivity contribution is 0.103. The number of para-hydroxylation sites is 2. The lowest BCUT2D eigenvalue weighted by Gasteiger charge is -2.12. The summed E-state index contributed by atoms with van der Waals surface area (Å²) in [4.78, 5) is 14.4. The second-order valence-electron chi connectivity index (χ2n) is 7.34. The first-order valence-corrected chi connectivity index (χ1v) is 13.6. The quantitative estimate of drug-likeness (QED) is 0.276. The fraction of sp³-hybridized carbons (Fsp3) is 0.0435. The molecule has 0 aliphatic heterocycles. The van der Waals surface area contributed by atoms with Crippen molar-refractivity contribution in [3.05, 3.63) is 87.7 Å². The summed E-state index contributed by atoms with van der Waals surface area (Å²) in [5.74, 6) is -0.342. The number of carbonyl (C=O) groups excluding carboxylic acids is 1. The molecule has 0 bridgehead atoms. The molecule has 172 valence electrons. The van der Waals surface area contributed by atoms with Gasteiger partial charge in [0.25, 0.3) is 15.9 Å². The Morgan fingerprint density at radius 2 is 1.76 bits per heavy atom. The van der Waals surface area contributed by atoms with Crippen molar-refractivity contribution in [1.29, 1.82) is 0 Å². The summed E-state index contributed by atoms with van der Waals surface area (Å²) in [7, 11) is -3.75. The van der Waals surface area contributed by atoms with E-state index in [0.29, 0.717) is 15.6 Å².